The average molecular weight is 266 g/mol. The molecule has 2 N–H and O–H groups in total. The van der Waals surface area contributed by atoms with Crippen LogP contribution >= 0.6 is 0 Å². The standard InChI is InChI=1S/C17H18N2O/c1-12-4-2-5-13(10-12)17(20)19-9-8-15-14(11-19)6-3-7-16(15)18/h2-7,10H,8-9,11,18H2,1H3. The molecule has 3 nitrogen and oxygen atoms in total. The first-order valence-corrected chi connectivity index (χ1v) is 6.87. The zero-order chi connectivity index (χ0) is 14.1. The van der Waals surface area contributed by atoms with E-state index in [9.17, 15) is 4.79 Å². The van der Waals surface area contributed by atoms with Crippen molar-refractivity contribution in [2.24, 2.45) is 0 Å². The second kappa shape index (κ2) is 5.00. The molecule has 20 heavy (non-hydrogen) atoms. The summed E-state index contributed by atoms with van der Waals surface area (Å²) in [7, 11) is 0. The van der Waals surface area contributed by atoms with E-state index in [0.29, 0.717) is 6.54 Å². The Balaban J connectivity index is 1.85. The van der Waals surface area contributed by atoms with Gasteiger partial charge in [0.1, 0.15) is 0 Å². The number of nitrogen functional groups attached to an aromatic ring is 1. The SMILES string of the molecule is Cc1cccc(C(=O)N2CCc3c(N)cccc3C2)c1. The second-order valence-corrected chi connectivity index (χ2v) is 5.33. The van der Waals surface area contributed by atoms with Gasteiger partial charge >= 0.3 is 0 Å². The van der Waals surface area contributed by atoms with Crippen molar-refractivity contribution in [2.75, 3.05) is 12.3 Å². The van der Waals surface area contributed by atoms with Gasteiger partial charge in [-0.1, -0.05) is 29.8 Å². The Bertz CT molecular complexity index is 664. The summed E-state index contributed by atoms with van der Waals surface area (Å²) < 4.78 is 0. The van der Waals surface area contributed by atoms with Crippen molar-refractivity contribution in [1.29, 1.82) is 0 Å². The van der Waals surface area contributed by atoms with Crippen molar-refractivity contribution in [2.45, 2.75) is 19.9 Å². The third kappa shape index (κ3) is 2.27. The van der Waals surface area contributed by atoms with Gasteiger partial charge in [0.15, 0.2) is 0 Å². The first-order chi connectivity index (χ1) is 9.65. The topological polar surface area (TPSA) is 46.3 Å². The maximum Gasteiger partial charge on any atom is 0.254 e. The molecule has 1 aliphatic heterocycles. The van der Waals surface area contributed by atoms with Crippen LogP contribution < -0.4 is 5.73 Å². The van der Waals surface area contributed by atoms with Gasteiger partial charge in [0.05, 0.1) is 0 Å². The third-order valence-corrected chi connectivity index (χ3v) is 3.85. The Morgan fingerprint density at radius 1 is 1.20 bits per heavy atom. The molecule has 1 amide bonds. The summed E-state index contributed by atoms with van der Waals surface area (Å²) in [5.74, 6) is 0.0989. The van der Waals surface area contributed by atoms with Gasteiger partial charge in [-0.3, -0.25) is 4.79 Å². The Kier molecular flexibility index (Phi) is 3.18. The Labute approximate surface area is 119 Å². The van der Waals surface area contributed by atoms with Gasteiger partial charge in [-0.2, -0.15) is 0 Å². The zero-order valence-electron chi connectivity index (χ0n) is 11.6. The van der Waals surface area contributed by atoms with E-state index in [-0.39, 0.29) is 5.91 Å². The number of carbonyl (C=O) groups excluding carboxylic acids is 1. The number of aryl methyl sites for hydroxylation is 1. The Hall–Kier alpha value is -2.29. The predicted octanol–water partition coefficient (Wildman–Crippen LogP) is 2.78. The number of carbonyl (C=O) groups is 1. The zero-order valence-corrected chi connectivity index (χ0v) is 11.6. The molecule has 0 fully saturated rings. The molecule has 102 valence electrons. The molecule has 0 aliphatic carbocycles. The lowest BCUT2D eigenvalue weighted by atomic mass is 9.97. The molecular weight excluding hydrogens is 248 g/mol. The van der Waals surface area contributed by atoms with E-state index in [1.807, 2.05) is 48.2 Å². The van der Waals surface area contributed by atoms with E-state index in [4.69, 9.17) is 5.73 Å². The van der Waals surface area contributed by atoms with Gasteiger partial charge in [0, 0.05) is 24.3 Å². The molecule has 3 heteroatoms. The molecule has 0 unspecified atom stereocenters. The second-order valence-electron chi connectivity index (χ2n) is 5.33. The van der Waals surface area contributed by atoms with Crippen molar-refractivity contribution in [3.63, 3.8) is 0 Å². The number of nitrogens with two attached hydrogens (primary N) is 1. The molecule has 0 bridgehead atoms. The molecule has 0 saturated heterocycles. The van der Waals surface area contributed by atoms with Gasteiger partial charge < -0.3 is 10.6 Å². The quantitative estimate of drug-likeness (QED) is 0.807. The summed E-state index contributed by atoms with van der Waals surface area (Å²) in [6.45, 7) is 3.38. The normalized spacial score (nSPS) is 13.9. The van der Waals surface area contributed by atoms with Crippen LogP contribution in [-0.2, 0) is 13.0 Å². The van der Waals surface area contributed by atoms with Crippen LogP contribution in [0.5, 0.6) is 0 Å². The van der Waals surface area contributed by atoms with Crippen LogP contribution in [0.1, 0.15) is 27.0 Å². The molecule has 3 rings (SSSR count). The van der Waals surface area contributed by atoms with Crippen LogP contribution in [0.3, 0.4) is 0 Å². The minimum atomic E-state index is 0.0989. The molecular formula is C17H18N2O. The predicted molar refractivity (Wildman–Crippen MR) is 80.5 cm³/mol. The number of fused-ring (bicyclic) bond motifs is 1. The third-order valence-electron chi connectivity index (χ3n) is 3.85. The van der Waals surface area contributed by atoms with Crippen LogP contribution in [0.25, 0.3) is 0 Å². The number of nitrogens with zero attached hydrogens (tertiary/aromatic N) is 1. The van der Waals surface area contributed by atoms with E-state index in [1.165, 1.54) is 5.56 Å². The fraction of sp³-hybridized carbons (Fsp3) is 0.235. The number of hydrogen-bond donors (Lipinski definition) is 1. The van der Waals surface area contributed by atoms with Gasteiger partial charge in [-0.05, 0) is 42.7 Å². The number of rotatable bonds is 1. The van der Waals surface area contributed by atoms with Crippen LogP contribution in [0, 0.1) is 6.92 Å². The van der Waals surface area contributed by atoms with E-state index in [0.717, 1.165) is 35.3 Å². The van der Waals surface area contributed by atoms with Crippen LogP contribution in [0.2, 0.25) is 0 Å². The highest BCUT2D eigenvalue weighted by Gasteiger charge is 2.22. The highest BCUT2D eigenvalue weighted by molar-refractivity contribution is 5.94. The lowest BCUT2D eigenvalue weighted by Gasteiger charge is -2.29. The van der Waals surface area contributed by atoms with Crippen LogP contribution in [0.15, 0.2) is 42.5 Å². The summed E-state index contributed by atoms with van der Waals surface area (Å²) in [4.78, 5) is 14.4. The van der Waals surface area contributed by atoms with Crippen molar-refractivity contribution in [3.8, 4) is 0 Å². The summed E-state index contributed by atoms with van der Waals surface area (Å²) in [5, 5.41) is 0. The van der Waals surface area contributed by atoms with Crippen molar-refractivity contribution >= 4 is 11.6 Å². The maximum absolute atomic E-state index is 12.5. The number of hydrogen-bond acceptors (Lipinski definition) is 2. The summed E-state index contributed by atoms with van der Waals surface area (Å²) in [5.41, 5.74) is 11.1. The number of benzene rings is 2. The maximum atomic E-state index is 12.5. The minimum Gasteiger partial charge on any atom is -0.398 e. The molecule has 1 aliphatic rings. The lowest BCUT2D eigenvalue weighted by Crippen LogP contribution is -2.36. The first-order valence-electron chi connectivity index (χ1n) is 6.87. The molecule has 1 heterocycles. The van der Waals surface area contributed by atoms with Gasteiger partial charge in [-0.25, -0.2) is 0 Å². The molecule has 0 atom stereocenters. The van der Waals surface area contributed by atoms with Gasteiger partial charge in [-0.15, -0.1) is 0 Å². The van der Waals surface area contributed by atoms with E-state index < -0.39 is 0 Å². The first kappa shape index (κ1) is 12.7. The monoisotopic (exact) mass is 266 g/mol. The van der Waals surface area contributed by atoms with E-state index in [1.54, 1.807) is 0 Å². The summed E-state index contributed by atoms with van der Waals surface area (Å²) >= 11 is 0. The molecule has 0 aromatic heterocycles. The average Bonchev–Trinajstić information content (AvgIpc) is 2.46. The molecule has 0 radical (unpaired) electrons. The van der Waals surface area contributed by atoms with Crippen molar-refractivity contribution in [1.82, 2.24) is 4.90 Å². The lowest BCUT2D eigenvalue weighted by molar-refractivity contribution is 0.0735. The number of anilines is 1. The van der Waals surface area contributed by atoms with Crippen LogP contribution in [0.4, 0.5) is 5.69 Å². The van der Waals surface area contributed by atoms with Crippen LogP contribution in [-0.4, -0.2) is 17.4 Å². The molecule has 2 aromatic carbocycles. The minimum absolute atomic E-state index is 0.0989. The molecule has 0 spiro atoms. The summed E-state index contributed by atoms with van der Waals surface area (Å²) in [6.07, 6.45) is 0.833. The Morgan fingerprint density at radius 3 is 2.80 bits per heavy atom. The van der Waals surface area contributed by atoms with Gasteiger partial charge in [0.2, 0.25) is 0 Å². The Morgan fingerprint density at radius 2 is 2.00 bits per heavy atom. The fourth-order valence-corrected chi connectivity index (χ4v) is 2.77. The largest absolute Gasteiger partial charge is 0.398 e. The van der Waals surface area contributed by atoms with E-state index >= 15 is 0 Å². The van der Waals surface area contributed by atoms with E-state index in [2.05, 4.69) is 6.07 Å². The smallest absolute Gasteiger partial charge is 0.254 e. The molecule has 0 saturated carbocycles. The highest BCUT2D eigenvalue weighted by Crippen LogP contribution is 2.25. The van der Waals surface area contributed by atoms with Crippen molar-refractivity contribution < 1.29 is 4.79 Å². The highest BCUT2D eigenvalue weighted by atomic mass is 16.2. The number of amides is 1. The summed E-state index contributed by atoms with van der Waals surface area (Å²) in [6, 6.07) is 13.7. The van der Waals surface area contributed by atoms with Crippen molar-refractivity contribution in [3.05, 3.63) is 64.7 Å². The fourth-order valence-electron chi connectivity index (χ4n) is 2.77. The molecule has 2 aromatic rings. The van der Waals surface area contributed by atoms with Gasteiger partial charge in [0.25, 0.3) is 5.91 Å².